The van der Waals surface area contributed by atoms with Gasteiger partial charge in [-0.1, -0.05) is 45.7 Å². The minimum absolute atomic E-state index is 0.186. The molecule has 1 nitrogen and oxygen atoms in total. The highest BCUT2D eigenvalue weighted by molar-refractivity contribution is 7.80. The normalized spacial score (nSPS) is 11.6. The lowest BCUT2D eigenvalue weighted by Crippen LogP contribution is -2.11. The summed E-state index contributed by atoms with van der Waals surface area (Å²) in [7, 11) is 0. The van der Waals surface area contributed by atoms with Gasteiger partial charge in [-0.25, -0.2) is 0 Å². The summed E-state index contributed by atoms with van der Waals surface area (Å²) in [5.41, 5.74) is 1.52. The van der Waals surface area contributed by atoms with Gasteiger partial charge in [0.1, 0.15) is 5.75 Å². The second-order valence-corrected chi connectivity index (χ2v) is 6.21. The van der Waals surface area contributed by atoms with Crippen molar-refractivity contribution in [1.82, 2.24) is 0 Å². The van der Waals surface area contributed by atoms with Gasteiger partial charge >= 0.3 is 0 Å². The van der Waals surface area contributed by atoms with Gasteiger partial charge in [-0.05, 0) is 41.7 Å². The molecule has 0 aliphatic rings. The second kappa shape index (κ2) is 7.73. The lowest BCUT2D eigenvalue weighted by molar-refractivity contribution is 0.304. The van der Waals surface area contributed by atoms with Crippen molar-refractivity contribution in [2.24, 2.45) is 0 Å². The molecule has 0 N–H and O–H groups in total. The monoisotopic (exact) mass is 266 g/mol. The third-order valence-electron chi connectivity index (χ3n) is 3.02. The van der Waals surface area contributed by atoms with Gasteiger partial charge in [-0.15, -0.1) is 0 Å². The standard InChI is InChI=1S/C16H26OS/c1-16(2,3)14-9-8-10-15(13-14)17-11-6-4-5-7-12-18/h8-10,13,18H,4-7,11-12H2,1-3H3. The molecule has 0 saturated carbocycles. The Hall–Kier alpha value is -0.630. The van der Waals surface area contributed by atoms with Crippen LogP contribution in [0.5, 0.6) is 5.75 Å². The predicted octanol–water partition coefficient (Wildman–Crippen LogP) is 4.85. The zero-order chi connectivity index (χ0) is 13.4. The van der Waals surface area contributed by atoms with Crippen LogP contribution in [0.3, 0.4) is 0 Å². The summed E-state index contributed by atoms with van der Waals surface area (Å²) >= 11 is 4.21. The van der Waals surface area contributed by atoms with Crippen molar-refractivity contribution >= 4 is 12.6 Å². The highest BCUT2D eigenvalue weighted by Gasteiger charge is 2.13. The number of rotatable bonds is 7. The molecule has 0 bridgehead atoms. The molecule has 18 heavy (non-hydrogen) atoms. The van der Waals surface area contributed by atoms with Crippen LogP contribution in [0.4, 0.5) is 0 Å². The largest absolute Gasteiger partial charge is 0.494 e. The van der Waals surface area contributed by atoms with Gasteiger partial charge in [0.2, 0.25) is 0 Å². The molecule has 0 atom stereocenters. The van der Waals surface area contributed by atoms with Crippen LogP contribution in [0.25, 0.3) is 0 Å². The molecule has 0 aliphatic heterocycles. The van der Waals surface area contributed by atoms with E-state index < -0.39 is 0 Å². The minimum atomic E-state index is 0.186. The summed E-state index contributed by atoms with van der Waals surface area (Å²) in [5.74, 6) is 1.99. The molecule has 0 aliphatic carbocycles. The van der Waals surface area contributed by atoms with Gasteiger partial charge in [-0.2, -0.15) is 12.6 Å². The van der Waals surface area contributed by atoms with Gasteiger partial charge in [0.15, 0.2) is 0 Å². The van der Waals surface area contributed by atoms with Crippen LogP contribution in [0, 0.1) is 0 Å². The topological polar surface area (TPSA) is 9.23 Å². The molecular weight excluding hydrogens is 240 g/mol. The van der Waals surface area contributed by atoms with Crippen molar-refractivity contribution in [2.75, 3.05) is 12.4 Å². The minimum Gasteiger partial charge on any atom is -0.494 e. The quantitative estimate of drug-likeness (QED) is 0.548. The summed E-state index contributed by atoms with van der Waals surface area (Å²) in [6.45, 7) is 7.50. The van der Waals surface area contributed by atoms with Crippen molar-refractivity contribution < 1.29 is 4.74 Å². The van der Waals surface area contributed by atoms with E-state index in [9.17, 15) is 0 Å². The van der Waals surface area contributed by atoms with E-state index in [0.717, 1.165) is 24.5 Å². The molecule has 0 saturated heterocycles. The first-order valence-electron chi connectivity index (χ1n) is 6.88. The molecule has 0 amide bonds. The number of hydrogen-bond donors (Lipinski definition) is 1. The summed E-state index contributed by atoms with van der Waals surface area (Å²) in [6.07, 6.45) is 4.84. The lowest BCUT2D eigenvalue weighted by Gasteiger charge is -2.19. The first kappa shape index (κ1) is 15.4. The average molecular weight is 266 g/mol. The third kappa shape index (κ3) is 5.81. The zero-order valence-electron chi connectivity index (χ0n) is 11.9. The number of ether oxygens (including phenoxy) is 1. The fraction of sp³-hybridized carbons (Fsp3) is 0.625. The van der Waals surface area contributed by atoms with Crippen molar-refractivity contribution in [2.45, 2.75) is 51.9 Å². The molecule has 1 aromatic rings. The van der Waals surface area contributed by atoms with Crippen LogP contribution in [0.15, 0.2) is 24.3 Å². The van der Waals surface area contributed by atoms with E-state index in [2.05, 4.69) is 51.6 Å². The van der Waals surface area contributed by atoms with Gasteiger partial charge in [0.05, 0.1) is 6.61 Å². The molecule has 0 unspecified atom stereocenters. The first-order chi connectivity index (χ1) is 8.54. The fourth-order valence-corrected chi connectivity index (χ4v) is 2.03. The SMILES string of the molecule is CC(C)(C)c1cccc(OCCCCCCS)c1. The van der Waals surface area contributed by atoms with Crippen LogP contribution in [-0.4, -0.2) is 12.4 Å². The number of hydrogen-bond acceptors (Lipinski definition) is 2. The van der Waals surface area contributed by atoms with Crippen LogP contribution in [0.2, 0.25) is 0 Å². The number of benzene rings is 1. The van der Waals surface area contributed by atoms with Gasteiger partial charge in [0, 0.05) is 0 Å². The average Bonchev–Trinajstić information content (AvgIpc) is 2.33. The molecule has 2 heteroatoms. The highest BCUT2D eigenvalue weighted by atomic mass is 32.1. The molecule has 1 aromatic carbocycles. The fourth-order valence-electron chi connectivity index (χ4n) is 1.81. The van der Waals surface area contributed by atoms with Crippen LogP contribution in [0.1, 0.15) is 52.0 Å². The van der Waals surface area contributed by atoms with E-state index in [1.165, 1.54) is 24.8 Å². The van der Waals surface area contributed by atoms with E-state index in [0.29, 0.717) is 0 Å². The number of unbranched alkanes of at least 4 members (excludes halogenated alkanes) is 3. The van der Waals surface area contributed by atoms with E-state index >= 15 is 0 Å². The molecule has 0 fully saturated rings. The van der Waals surface area contributed by atoms with Gasteiger partial charge in [-0.3, -0.25) is 0 Å². The Morgan fingerprint density at radius 2 is 1.78 bits per heavy atom. The maximum atomic E-state index is 5.80. The Bertz CT molecular complexity index is 341. The third-order valence-corrected chi connectivity index (χ3v) is 3.34. The van der Waals surface area contributed by atoms with Gasteiger partial charge < -0.3 is 4.74 Å². The first-order valence-corrected chi connectivity index (χ1v) is 7.51. The van der Waals surface area contributed by atoms with Crippen molar-refractivity contribution in [3.63, 3.8) is 0 Å². The summed E-state index contributed by atoms with van der Waals surface area (Å²) < 4.78 is 5.80. The molecule has 0 radical (unpaired) electrons. The maximum Gasteiger partial charge on any atom is 0.119 e. The summed E-state index contributed by atoms with van der Waals surface area (Å²) in [5, 5.41) is 0. The highest BCUT2D eigenvalue weighted by Crippen LogP contribution is 2.25. The Morgan fingerprint density at radius 1 is 1.06 bits per heavy atom. The van der Waals surface area contributed by atoms with E-state index in [4.69, 9.17) is 4.74 Å². The molecule has 0 heterocycles. The molecule has 0 aromatic heterocycles. The van der Waals surface area contributed by atoms with E-state index in [1.54, 1.807) is 0 Å². The zero-order valence-corrected chi connectivity index (χ0v) is 12.8. The van der Waals surface area contributed by atoms with E-state index in [-0.39, 0.29) is 5.41 Å². The van der Waals surface area contributed by atoms with Crippen molar-refractivity contribution in [3.8, 4) is 5.75 Å². The number of thiol groups is 1. The Morgan fingerprint density at radius 3 is 2.44 bits per heavy atom. The summed E-state index contributed by atoms with van der Waals surface area (Å²) in [6, 6.07) is 8.45. The second-order valence-electron chi connectivity index (χ2n) is 5.76. The molecular formula is C16H26OS. The van der Waals surface area contributed by atoms with Crippen molar-refractivity contribution in [3.05, 3.63) is 29.8 Å². The summed E-state index contributed by atoms with van der Waals surface area (Å²) in [4.78, 5) is 0. The predicted molar refractivity (Wildman–Crippen MR) is 83.0 cm³/mol. The van der Waals surface area contributed by atoms with Crippen LogP contribution < -0.4 is 4.74 Å². The van der Waals surface area contributed by atoms with Gasteiger partial charge in [0.25, 0.3) is 0 Å². The Labute approximate surface area is 117 Å². The maximum absolute atomic E-state index is 5.80. The molecule has 102 valence electrons. The van der Waals surface area contributed by atoms with Crippen LogP contribution in [-0.2, 0) is 5.41 Å². The smallest absolute Gasteiger partial charge is 0.119 e. The molecule has 1 rings (SSSR count). The van der Waals surface area contributed by atoms with E-state index in [1.807, 2.05) is 6.07 Å². The van der Waals surface area contributed by atoms with Crippen molar-refractivity contribution in [1.29, 1.82) is 0 Å². The van der Waals surface area contributed by atoms with Crippen LogP contribution >= 0.6 is 12.6 Å². The lowest BCUT2D eigenvalue weighted by atomic mass is 9.87. The Balaban J connectivity index is 2.34. The molecule has 0 spiro atoms. The Kier molecular flexibility index (Phi) is 6.62.